The van der Waals surface area contributed by atoms with E-state index in [-0.39, 0.29) is 36.8 Å². The van der Waals surface area contributed by atoms with Gasteiger partial charge in [-0.2, -0.15) is 0 Å². The fourth-order valence-electron chi connectivity index (χ4n) is 2.82. The van der Waals surface area contributed by atoms with Crippen LogP contribution in [0.2, 0.25) is 0 Å². The van der Waals surface area contributed by atoms with Gasteiger partial charge in [0.2, 0.25) is 5.91 Å². The molecule has 0 aromatic carbocycles. The molecule has 2 aromatic heterocycles. The van der Waals surface area contributed by atoms with E-state index in [0.717, 1.165) is 29.3 Å². The Labute approximate surface area is 155 Å². The van der Waals surface area contributed by atoms with E-state index in [4.69, 9.17) is 5.73 Å². The van der Waals surface area contributed by atoms with E-state index in [2.05, 4.69) is 36.2 Å². The van der Waals surface area contributed by atoms with Crippen LogP contribution >= 0.6 is 40.7 Å². The van der Waals surface area contributed by atoms with E-state index in [1.165, 1.54) is 0 Å². The molecule has 0 unspecified atom stereocenters. The van der Waals surface area contributed by atoms with Crippen LogP contribution in [-0.4, -0.2) is 26.9 Å². The Morgan fingerprint density at radius 3 is 2.91 bits per heavy atom. The number of H-pyrrole nitrogens is 1. The highest BCUT2D eigenvalue weighted by Gasteiger charge is 2.25. The quantitative estimate of drug-likeness (QED) is 0.702. The minimum absolute atomic E-state index is 0. The van der Waals surface area contributed by atoms with Crippen molar-refractivity contribution < 1.29 is 4.79 Å². The molecule has 2 heterocycles. The number of halogens is 3. The number of hydrogen-bond donors (Lipinski definition) is 3. The van der Waals surface area contributed by atoms with Crippen LogP contribution in [0.25, 0.3) is 11.2 Å². The highest BCUT2D eigenvalue weighted by Crippen LogP contribution is 2.26. The molecule has 1 saturated carbocycles. The van der Waals surface area contributed by atoms with Crippen LogP contribution in [0.15, 0.2) is 16.7 Å². The van der Waals surface area contributed by atoms with E-state index in [1.807, 2.05) is 6.07 Å². The largest absolute Gasteiger partial charge is 0.349 e. The Morgan fingerprint density at radius 1 is 1.43 bits per heavy atom. The maximum absolute atomic E-state index is 12.0. The van der Waals surface area contributed by atoms with Crippen molar-refractivity contribution in [1.82, 2.24) is 20.3 Å². The zero-order valence-electron chi connectivity index (χ0n) is 12.4. The van der Waals surface area contributed by atoms with Crippen LogP contribution < -0.4 is 11.1 Å². The number of carbonyl (C=O) groups excluding carboxylic acids is 1. The number of rotatable bonds is 4. The minimum Gasteiger partial charge on any atom is -0.349 e. The van der Waals surface area contributed by atoms with Crippen molar-refractivity contribution in [2.45, 2.75) is 38.3 Å². The fourth-order valence-corrected chi connectivity index (χ4v) is 3.15. The molecule has 4 N–H and O–H groups in total. The molecule has 23 heavy (non-hydrogen) atoms. The second-order valence-corrected chi connectivity index (χ2v) is 6.46. The number of nitrogens with zero attached hydrogens (tertiary/aromatic N) is 2. The van der Waals surface area contributed by atoms with Crippen molar-refractivity contribution in [3.8, 4) is 0 Å². The lowest BCUT2D eigenvalue weighted by Crippen LogP contribution is -2.31. The highest BCUT2D eigenvalue weighted by molar-refractivity contribution is 9.10. The number of aromatic nitrogens is 3. The maximum Gasteiger partial charge on any atom is 0.220 e. The number of imidazole rings is 1. The summed E-state index contributed by atoms with van der Waals surface area (Å²) in [7, 11) is 0. The van der Waals surface area contributed by atoms with Crippen molar-refractivity contribution in [3.05, 3.63) is 22.6 Å². The topological polar surface area (TPSA) is 96.7 Å². The Hall–Kier alpha value is -0.890. The first-order valence-electron chi connectivity index (χ1n) is 7.14. The summed E-state index contributed by atoms with van der Waals surface area (Å²) in [5, 5.41) is 2.89. The third kappa shape index (κ3) is 5.04. The summed E-state index contributed by atoms with van der Waals surface area (Å²) < 4.78 is 0.893. The van der Waals surface area contributed by atoms with Gasteiger partial charge < -0.3 is 16.0 Å². The fraction of sp³-hybridized carbons (Fsp3) is 0.500. The zero-order valence-corrected chi connectivity index (χ0v) is 15.6. The molecular weight excluding hydrogens is 405 g/mol. The van der Waals surface area contributed by atoms with Gasteiger partial charge in [-0.1, -0.05) is 6.42 Å². The van der Waals surface area contributed by atoms with Crippen LogP contribution in [0, 0.1) is 5.92 Å². The number of amides is 1. The lowest BCUT2D eigenvalue weighted by molar-refractivity contribution is -0.122. The number of nitrogens with two attached hydrogens (primary N) is 1. The number of nitrogens with one attached hydrogen (secondary N) is 2. The lowest BCUT2D eigenvalue weighted by Gasteiger charge is -2.14. The second kappa shape index (κ2) is 8.82. The number of fused-ring (bicyclic) bond motifs is 1. The van der Waals surface area contributed by atoms with Gasteiger partial charge in [0, 0.05) is 23.1 Å². The molecule has 6 nitrogen and oxygen atoms in total. The Balaban J connectivity index is 0.00000132. The highest BCUT2D eigenvalue weighted by atomic mass is 79.9. The molecule has 128 valence electrons. The summed E-state index contributed by atoms with van der Waals surface area (Å²) in [5.74, 6) is 1.06. The molecule has 0 aliphatic heterocycles. The molecule has 2 aromatic rings. The van der Waals surface area contributed by atoms with Gasteiger partial charge in [0.05, 0.1) is 12.1 Å². The minimum atomic E-state index is 0. The first-order valence-corrected chi connectivity index (χ1v) is 7.93. The second-order valence-electron chi connectivity index (χ2n) is 5.54. The molecule has 9 heteroatoms. The van der Waals surface area contributed by atoms with Crippen LogP contribution in [-0.2, 0) is 11.3 Å². The molecule has 0 spiro atoms. The Kier molecular flexibility index (Phi) is 7.73. The van der Waals surface area contributed by atoms with Gasteiger partial charge in [0.15, 0.2) is 5.65 Å². The van der Waals surface area contributed by atoms with E-state index in [0.29, 0.717) is 30.4 Å². The molecular formula is C14H20BrCl2N5O. The predicted molar refractivity (Wildman–Crippen MR) is 97.9 cm³/mol. The van der Waals surface area contributed by atoms with Crippen LogP contribution in [0.3, 0.4) is 0 Å². The third-order valence-corrected chi connectivity index (χ3v) is 4.41. The van der Waals surface area contributed by atoms with Gasteiger partial charge in [0.25, 0.3) is 0 Å². The lowest BCUT2D eigenvalue weighted by atomic mass is 10.00. The van der Waals surface area contributed by atoms with Crippen molar-refractivity contribution in [2.75, 3.05) is 0 Å². The van der Waals surface area contributed by atoms with Gasteiger partial charge >= 0.3 is 0 Å². The summed E-state index contributed by atoms with van der Waals surface area (Å²) in [6, 6.07) is 2.08. The van der Waals surface area contributed by atoms with Gasteiger partial charge in [0.1, 0.15) is 5.82 Å². The molecule has 2 atom stereocenters. The normalized spacial score (nSPS) is 19.9. The van der Waals surface area contributed by atoms with E-state index >= 15 is 0 Å². The number of hydrogen-bond acceptors (Lipinski definition) is 4. The molecule has 3 rings (SSSR count). The molecule has 0 saturated heterocycles. The van der Waals surface area contributed by atoms with Gasteiger partial charge in [-0.05, 0) is 40.8 Å². The monoisotopic (exact) mass is 423 g/mol. The number of pyridine rings is 1. The van der Waals surface area contributed by atoms with Crippen molar-refractivity contribution in [1.29, 1.82) is 0 Å². The number of aromatic amines is 1. The van der Waals surface area contributed by atoms with Crippen LogP contribution in [0.4, 0.5) is 0 Å². The van der Waals surface area contributed by atoms with Gasteiger partial charge in [-0.3, -0.25) is 4.79 Å². The first-order chi connectivity index (χ1) is 10.1. The average molecular weight is 425 g/mol. The maximum atomic E-state index is 12.0. The van der Waals surface area contributed by atoms with Crippen LogP contribution in [0.5, 0.6) is 0 Å². The summed E-state index contributed by atoms with van der Waals surface area (Å²) in [6.07, 6.45) is 5.42. The van der Waals surface area contributed by atoms with Crippen LogP contribution in [0.1, 0.15) is 31.5 Å². The Bertz CT molecular complexity index is 666. The van der Waals surface area contributed by atoms with Crippen molar-refractivity contribution >= 4 is 57.8 Å². The van der Waals surface area contributed by atoms with E-state index in [1.54, 1.807) is 6.20 Å². The van der Waals surface area contributed by atoms with Crippen molar-refractivity contribution in [3.63, 3.8) is 0 Å². The molecule has 1 aliphatic carbocycles. The first kappa shape index (κ1) is 20.2. The Morgan fingerprint density at radius 2 is 2.22 bits per heavy atom. The summed E-state index contributed by atoms with van der Waals surface area (Å²) in [5.41, 5.74) is 7.49. The van der Waals surface area contributed by atoms with Gasteiger partial charge in [-0.25, -0.2) is 9.97 Å². The standard InChI is InChI=1S/C14H18BrN5O.2ClH/c15-9-5-11-14(18-6-9)20-12(19-11)7-17-13(21)4-8-2-1-3-10(8)16;;/h5-6,8,10H,1-4,7,16H2,(H,17,21)(H,18,19,20);2*1H/t8-,10+;;/m0../s1. The molecule has 1 fully saturated rings. The molecule has 1 amide bonds. The molecule has 1 aliphatic rings. The SMILES string of the molecule is Cl.Cl.N[C@@H]1CCC[C@H]1CC(=O)NCc1nc2ncc(Br)cc2[nH]1. The van der Waals surface area contributed by atoms with Gasteiger partial charge in [-0.15, -0.1) is 24.8 Å². The van der Waals surface area contributed by atoms with E-state index in [9.17, 15) is 4.79 Å². The zero-order chi connectivity index (χ0) is 14.8. The van der Waals surface area contributed by atoms with E-state index < -0.39 is 0 Å². The smallest absolute Gasteiger partial charge is 0.220 e. The average Bonchev–Trinajstić information content (AvgIpc) is 3.02. The molecule has 0 bridgehead atoms. The third-order valence-electron chi connectivity index (χ3n) is 3.97. The number of carbonyl (C=O) groups is 1. The molecule has 0 radical (unpaired) electrons. The summed E-state index contributed by atoms with van der Waals surface area (Å²) >= 11 is 3.37. The summed E-state index contributed by atoms with van der Waals surface area (Å²) in [4.78, 5) is 23.7. The summed E-state index contributed by atoms with van der Waals surface area (Å²) in [6.45, 7) is 0.384. The van der Waals surface area contributed by atoms with Crippen molar-refractivity contribution in [2.24, 2.45) is 11.7 Å². The predicted octanol–water partition coefficient (Wildman–Crippen LogP) is 2.70.